The second-order valence-corrected chi connectivity index (χ2v) is 6.05. The van der Waals surface area contributed by atoms with E-state index >= 15 is 0 Å². The Morgan fingerprint density at radius 3 is 2.72 bits per heavy atom. The maximum absolute atomic E-state index is 13.1. The van der Waals surface area contributed by atoms with Gasteiger partial charge in [0, 0.05) is 11.9 Å². The number of morpholine rings is 1. The summed E-state index contributed by atoms with van der Waals surface area (Å²) in [6.07, 6.45) is -0.251. The molecule has 25 heavy (non-hydrogen) atoms. The van der Waals surface area contributed by atoms with Gasteiger partial charge in [0.2, 0.25) is 0 Å². The highest BCUT2D eigenvalue weighted by Gasteiger charge is 2.26. The first-order valence-electron chi connectivity index (χ1n) is 8.23. The smallest absolute Gasteiger partial charge is 0.272 e. The average molecular weight is 336 g/mol. The second-order valence-electron chi connectivity index (χ2n) is 6.05. The van der Waals surface area contributed by atoms with E-state index in [1.54, 1.807) is 23.1 Å². The third-order valence-corrected chi connectivity index (χ3v) is 4.41. The minimum atomic E-state index is -0.284. The molecule has 4 rings (SSSR count). The molecule has 1 aromatic heterocycles. The molecule has 1 unspecified atom stereocenters. The van der Waals surface area contributed by atoms with Crippen LogP contribution in [-0.2, 0) is 4.74 Å². The topological polar surface area (TPSA) is 42.4 Å². The molecular formula is C20H17FN2O2. The molecule has 0 bridgehead atoms. The van der Waals surface area contributed by atoms with Crippen LogP contribution in [0.4, 0.5) is 4.39 Å². The first-order valence-corrected chi connectivity index (χ1v) is 8.23. The molecule has 1 saturated heterocycles. The standard InChI is InChI=1S/C20H17FN2O2/c21-16-8-5-15(6-9-16)19-13-23(11-12-25-19)20(24)18-10-7-14-3-1-2-4-17(14)22-18/h1-10,19H,11-13H2. The number of ether oxygens (including phenoxy) is 1. The molecule has 1 fully saturated rings. The molecule has 1 amide bonds. The van der Waals surface area contributed by atoms with Crippen LogP contribution in [0.2, 0.25) is 0 Å². The van der Waals surface area contributed by atoms with Crippen molar-refractivity contribution in [2.75, 3.05) is 19.7 Å². The molecule has 2 heterocycles. The van der Waals surface area contributed by atoms with E-state index in [4.69, 9.17) is 4.74 Å². The lowest BCUT2D eigenvalue weighted by Gasteiger charge is -2.33. The Balaban J connectivity index is 1.55. The maximum atomic E-state index is 13.1. The highest BCUT2D eigenvalue weighted by atomic mass is 19.1. The molecule has 0 aliphatic carbocycles. The van der Waals surface area contributed by atoms with E-state index in [0.29, 0.717) is 25.4 Å². The van der Waals surface area contributed by atoms with E-state index in [-0.39, 0.29) is 17.8 Å². The van der Waals surface area contributed by atoms with Crippen molar-refractivity contribution < 1.29 is 13.9 Å². The summed E-state index contributed by atoms with van der Waals surface area (Å²) in [6, 6.07) is 17.6. The Hall–Kier alpha value is -2.79. The summed E-state index contributed by atoms with van der Waals surface area (Å²) in [5.41, 5.74) is 2.10. The number of para-hydroxylation sites is 1. The lowest BCUT2D eigenvalue weighted by Crippen LogP contribution is -2.42. The third-order valence-electron chi connectivity index (χ3n) is 4.41. The van der Waals surface area contributed by atoms with Crippen LogP contribution >= 0.6 is 0 Å². The number of fused-ring (bicyclic) bond motifs is 1. The van der Waals surface area contributed by atoms with Crippen molar-refractivity contribution in [2.24, 2.45) is 0 Å². The predicted molar refractivity (Wildman–Crippen MR) is 92.7 cm³/mol. The van der Waals surface area contributed by atoms with Crippen molar-refractivity contribution in [3.8, 4) is 0 Å². The zero-order valence-corrected chi connectivity index (χ0v) is 13.6. The van der Waals surface area contributed by atoms with Crippen LogP contribution in [-0.4, -0.2) is 35.5 Å². The van der Waals surface area contributed by atoms with Crippen molar-refractivity contribution in [2.45, 2.75) is 6.10 Å². The highest BCUT2D eigenvalue weighted by Crippen LogP contribution is 2.23. The molecule has 0 saturated carbocycles. The SMILES string of the molecule is O=C(c1ccc2ccccc2n1)N1CCOC(c2ccc(F)cc2)C1. The third kappa shape index (κ3) is 3.23. The Labute approximate surface area is 144 Å². The quantitative estimate of drug-likeness (QED) is 0.718. The summed E-state index contributed by atoms with van der Waals surface area (Å²) < 4.78 is 18.8. The summed E-state index contributed by atoms with van der Waals surface area (Å²) in [6.45, 7) is 1.39. The molecule has 1 aliphatic rings. The minimum Gasteiger partial charge on any atom is -0.370 e. The number of pyridine rings is 1. The van der Waals surface area contributed by atoms with Gasteiger partial charge in [-0.15, -0.1) is 0 Å². The molecule has 1 aliphatic heterocycles. The molecule has 0 radical (unpaired) electrons. The van der Waals surface area contributed by atoms with Crippen LogP contribution < -0.4 is 0 Å². The number of halogens is 1. The van der Waals surface area contributed by atoms with Gasteiger partial charge in [-0.1, -0.05) is 36.4 Å². The summed E-state index contributed by atoms with van der Waals surface area (Å²) in [5.74, 6) is -0.394. The fraction of sp³-hybridized carbons (Fsp3) is 0.200. The zero-order valence-electron chi connectivity index (χ0n) is 13.6. The van der Waals surface area contributed by atoms with E-state index in [2.05, 4.69) is 4.98 Å². The Bertz CT molecular complexity index is 911. The monoisotopic (exact) mass is 336 g/mol. The number of amides is 1. The van der Waals surface area contributed by atoms with Gasteiger partial charge in [0.15, 0.2) is 0 Å². The van der Waals surface area contributed by atoms with Gasteiger partial charge in [-0.2, -0.15) is 0 Å². The van der Waals surface area contributed by atoms with Gasteiger partial charge in [0.05, 0.1) is 18.7 Å². The summed E-state index contributed by atoms with van der Waals surface area (Å²) in [5, 5.41) is 1.00. The van der Waals surface area contributed by atoms with E-state index in [9.17, 15) is 9.18 Å². The molecule has 0 N–H and O–H groups in total. The normalized spacial score (nSPS) is 17.6. The average Bonchev–Trinajstić information content (AvgIpc) is 2.68. The van der Waals surface area contributed by atoms with Gasteiger partial charge >= 0.3 is 0 Å². The number of hydrogen-bond acceptors (Lipinski definition) is 3. The van der Waals surface area contributed by atoms with Crippen LogP contribution in [0.15, 0.2) is 60.7 Å². The number of hydrogen-bond donors (Lipinski definition) is 0. The molecule has 126 valence electrons. The Kier molecular flexibility index (Phi) is 4.15. The van der Waals surface area contributed by atoms with Crippen molar-refractivity contribution in [3.05, 3.63) is 77.7 Å². The van der Waals surface area contributed by atoms with Crippen LogP contribution in [0.5, 0.6) is 0 Å². The van der Waals surface area contributed by atoms with E-state index in [1.165, 1.54) is 12.1 Å². The number of aromatic nitrogens is 1. The van der Waals surface area contributed by atoms with Crippen molar-refractivity contribution in [1.82, 2.24) is 9.88 Å². The molecule has 4 nitrogen and oxygen atoms in total. The lowest BCUT2D eigenvalue weighted by molar-refractivity contribution is -0.0230. The number of benzene rings is 2. The van der Waals surface area contributed by atoms with Crippen LogP contribution in [0.1, 0.15) is 22.2 Å². The summed E-state index contributed by atoms with van der Waals surface area (Å²) in [4.78, 5) is 19.0. The largest absolute Gasteiger partial charge is 0.370 e. The van der Waals surface area contributed by atoms with E-state index in [1.807, 2.05) is 30.3 Å². The first-order chi connectivity index (χ1) is 12.2. The van der Waals surface area contributed by atoms with Crippen molar-refractivity contribution >= 4 is 16.8 Å². The number of carbonyl (C=O) groups is 1. The molecule has 0 spiro atoms. The molecule has 3 aromatic rings. The minimum absolute atomic E-state index is 0.110. The first kappa shape index (κ1) is 15.7. The van der Waals surface area contributed by atoms with Crippen molar-refractivity contribution in [3.63, 3.8) is 0 Å². The second kappa shape index (κ2) is 6.61. The fourth-order valence-electron chi connectivity index (χ4n) is 3.06. The van der Waals surface area contributed by atoms with E-state index in [0.717, 1.165) is 16.5 Å². The summed E-state index contributed by atoms with van der Waals surface area (Å²) in [7, 11) is 0. The number of nitrogens with zero attached hydrogens (tertiary/aromatic N) is 2. The highest BCUT2D eigenvalue weighted by molar-refractivity contribution is 5.95. The summed E-state index contributed by atoms with van der Waals surface area (Å²) >= 11 is 0. The van der Waals surface area contributed by atoms with Gasteiger partial charge in [-0.3, -0.25) is 4.79 Å². The molecular weight excluding hydrogens is 319 g/mol. The van der Waals surface area contributed by atoms with Gasteiger partial charge in [0.25, 0.3) is 5.91 Å². The predicted octanol–water partition coefficient (Wildman–Crippen LogP) is 3.59. The van der Waals surface area contributed by atoms with Gasteiger partial charge in [-0.25, -0.2) is 9.37 Å². The molecule has 2 aromatic carbocycles. The van der Waals surface area contributed by atoms with Gasteiger partial charge in [0.1, 0.15) is 17.6 Å². The zero-order chi connectivity index (χ0) is 17.2. The van der Waals surface area contributed by atoms with E-state index < -0.39 is 0 Å². The fourth-order valence-corrected chi connectivity index (χ4v) is 3.06. The van der Waals surface area contributed by atoms with Crippen molar-refractivity contribution in [1.29, 1.82) is 0 Å². The number of rotatable bonds is 2. The molecule has 1 atom stereocenters. The Morgan fingerprint density at radius 1 is 1.08 bits per heavy atom. The van der Waals surface area contributed by atoms with Crippen LogP contribution in [0.25, 0.3) is 10.9 Å². The van der Waals surface area contributed by atoms with Crippen LogP contribution in [0.3, 0.4) is 0 Å². The number of carbonyl (C=O) groups excluding carboxylic acids is 1. The van der Waals surface area contributed by atoms with Crippen LogP contribution in [0, 0.1) is 5.82 Å². The van der Waals surface area contributed by atoms with Gasteiger partial charge in [-0.05, 0) is 29.8 Å². The Morgan fingerprint density at radius 2 is 1.88 bits per heavy atom. The molecule has 5 heteroatoms. The lowest BCUT2D eigenvalue weighted by atomic mass is 10.1. The maximum Gasteiger partial charge on any atom is 0.272 e. The van der Waals surface area contributed by atoms with Gasteiger partial charge < -0.3 is 9.64 Å².